The standard InChI is InChI=1S/C17H17N7O2/c25-17(13-4-1-5-14(10-13)24-12-19-21-22-24)23-9-3-6-15(11-23)26-16-7-2-8-18-20-16/h1-2,4-5,7-8,10,12,15H,3,6,9,11H2. The van der Waals surface area contributed by atoms with E-state index in [0.717, 1.165) is 18.5 Å². The Morgan fingerprint density at radius 1 is 1.19 bits per heavy atom. The monoisotopic (exact) mass is 351 g/mol. The molecule has 1 saturated heterocycles. The van der Waals surface area contributed by atoms with Crippen LogP contribution in [0.5, 0.6) is 5.88 Å². The molecule has 26 heavy (non-hydrogen) atoms. The van der Waals surface area contributed by atoms with Crippen molar-refractivity contribution in [1.82, 2.24) is 35.3 Å². The number of ether oxygens (including phenoxy) is 1. The zero-order chi connectivity index (χ0) is 17.8. The highest BCUT2D eigenvalue weighted by Gasteiger charge is 2.26. The van der Waals surface area contributed by atoms with Crippen molar-refractivity contribution in [2.24, 2.45) is 0 Å². The van der Waals surface area contributed by atoms with Gasteiger partial charge in [0.15, 0.2) is 0 Å². The quantitative estimate of drug-likeness (QED) is 0.695. The highest BCUT2D eigenvalue weighted by atomic mass is 16.5. The molecule has 0 bridgehead atoms. The molecular weight excluding hydrogens is 334 g/mol. The smallest absolute Gasteiger partial charge is 0.254 e. The molecule has 2 aromatic heterocycles. The number of rotatable bonds is 4. The number of carbonyl (C=O) groups excluding carboxylic acids is 1. The Kier molecular flexibility index (Phi) is 4.50. The molecule has 1 aliphatic heterocycles. The molecular formula is C17H17N7O2. The molecule has 0 N–H and O–H groups in total. The van der Waals surface area contributed by atoms with Crippen LogP contribution >= 0.6 is 0 Å². The Hall–Kier alpha value is -3.36. The lowest BCUT2D eigenvalue weighted by Crippen LogP contribution is -2.44. The van der Waals surface area contributed by atoms with Gasteiger partial charge in [-0.1, -0.05) is 6.07 Å². The van der Waals surface area contributed by atoms with E-state index in [2.05, 4.69) is 25.7 Å². The third kappa shape index (κ3) is 3.51. The predicted octanol–water partition coefficient (Wildman–Crippen LogP) is 1.14. The van der Waals surface area contributed by atoms with Crippen LogP contribution in [-0.2, 0) is 0 Å². The van der Waals surface area contributed by atoms with Crippen LogP contribution in [0.2, 0.25) is 0 Å². The van der Waals surface area contributed by atoms with Gasteiger partial charge in [0.2, 0.25) is 5.88 Å². The van der Waals surface area contributed by atoms with Gasteiger partial charge < -0.3 is 9.64 Å². The number of aromatic nitrogens is 6. The first kappa shape index (κ1) is 16.1. The second kappa shape index (κ2) is 7.26. The first-order valence-corrected chi connectivity index (χ1v) is 8.37. The fraction of sp³-hybridized carbons (Fsp3) is 0.294. The maximum absolute atomic E-state index is 12.9. The molecule has 132 valence electrons. The van der Waals surface area contributed by atoms with Gasteiger partial charge in [0.05, 0.1) is 12.2 Å². The number of nitrogens with zero attached hydrogens (tertiary/aromatic N) is 7. The van der Waals surface area contributed by atoms with Gasteiger partial charge in [0, 0.05) is 24.4 Å². The Morgan fingerprint density at radius 2 is 2.15 bits per heavy atom. The van der Waals surface area contributed by atoms with E-state index in [1.54, 1.807) is 30.5 Å². The molecule has 4 rings (SSSR count). The molecule has 1 aromatic carbocycles. The lowest BCUT2D eigenvalue weighted by Gasteiger charge is -2.32. The van der Waals surface area contributed by atoms with E-state index in [-0.39, 0.29) is 12.0 Å². The van der Waals surface area contributed by atoms with Crippen molar-refractivity contribution in [3.8, 4) is 11.6 Å². The SMILES string of the molecule is O=C(c1cccc(-n2cnnn2)c1)N1CCCC(Oc2cccnn2)C1. The van der Waals surface area contributed by atoms with Crippen LogP contribution in [0, 0.1) is 0 Å². The minimum absolute atomic E-state index is 0.0348. The van der Waals surface area contributed by atoms with Gasteiger partial charge in [-0.3, -0.25) is 4.79 Å². The van der Waals surface area contributed by atoms with Crippen LogP contribution in [0.3, 0.4) is 0 Å². The molecule has 1 atom stereocenters. The second-order valence-electron chi connectivity index (χ2n) is 6.00. The van der Waals surface area contributed by atoms with Crippen LogP contribution in [-0.4, -0.2) is 60.4 Å². The second-order valence-corrected chi connectivity index (χ2v) is 6.00. The number of likely N-dealkylation sites (tertiary alicyclic amines) is 1. The maximum Gasteiger partial charge on any atom is 0.254 e. The summed E-state index contributed by atoms with van der Waals surface area (Å²) < 4.78 is 7.38. The molecule has 0 radical (unpaired) electrons. The lowest BCUT2D eigenvalue weighted by molar-refractivity contribution is 0.0525. The number of benzene rings is 1. The average molecular weight is 351 g/mol. The number of carbonyl (C=O) groups is 1. The molecule has 3 heterocycles. The first-order valence-electron chi connectivity index (χ1n) is 8.37. The van der Waals surface area contributed by atoms with E-state index in [1.807, 2.05) is 17.0 Å². The molecule has 0 spiro atoms. The molecule has 0 saturated carbocycles. The number of hydrogen-bond donors (Lipinski definition) is 0. The summed E-state index contributed by atoms with van der Waals surface area (Å²) >= 11 is 0. The maximum atomic E-state index is 12.9. The summed E-state index contributed by atoms with van der Waals surface area (Å²) in [6.45, 7) is 1.22. The number of piperidine rings is 1. The Bertz CT molecular complexity index is 870. The van der Waals surface area contributed by atoms with E-state index in [9.17, 15) is 4.79 Å². The van der Waals surface area contributed by atoms with E-state index in [4.69, 9.17) is 4.74 Å². The minimum atomic E-state index is -0.0906. The van der Waals surface area contributed by atoms with Crippen molar-refractivity contribution in [1.29, 1.82) is 0 Å². The van der Waals surface area contributed by atoms with Crippen LogP contribution < -0.4 is 4.74 Å². The molecule has 3 aromatic rings. The lowest BCUT2D eigenvalue weighted by atomic mass is 10.1. The third-order valence-electron chi connectivity index (χ3n) is 4.21. The summed E-state index contributed by atoms with van der Waals surface area (Å²) in [5.74, 6) is 0.444. The van der Waals surface area contributed by atoms with E-state index >= 15 is 0 Å². The molecule has 1 fully saturated rings. The predicted molar refractivity (Wildman–Crippen MR) is 90.7 cm³/mol. The van der Waals surface area contributed by atoms with Gasteiger partial charge in [-0.2, -0.15) is 5.10 Å². The Labute approximate surface area is 149 Å². The Morgan fingerprint density at radius 3 is 2.96 bits per heavy atom. The fourth-order valence-electron chi connectivity index (χ4n) is 2.98. The van der Waals surface area contributed by atoms with Gasteiger partial charge in [0.25, 0.3) is 5.91 Å². The van der Waals surface area contributed by atoms with Crippen molar-refractivity contribution in [3.05, 3.63) is 54.5 Å². The normalized spacial score (nSPS) is 17.1. The van der Waals surface area contributed by atoms with Crippen molar-refractivity contribution in [3.63, 3.8) is 0 Å². The van der Waals surface area contributed by atoms with Gasteiger partial charge in [-0.05, 0) is 47.5 Å². The third-order valence-corrected chi connectivity index (χ3v) is 4.21. The summed E-state index contributed by atoms with van der Waals surface area (Å²) in [6, 6.07) is 10.8. The van der Waals surface area contributed by atoms with Crippen molar-refractivity contribution in [2.75, 3.05) is 13.1 Å². The number of hydrogen-bond acceptors (Lipinski definition) is 7. The highest BCUT2D eigenvalue weighted by Crippen LogP contribution is 2.19. The molecule has 1 unspecified atom stereocenters. The summed E-state index contributed by atoms with van der Waals surface area (Å²) in [7, 11) is 0. The molecule has 1 aliphatic rings. The molecule has 1 amide bonds. The van der Waals surface area contributed by atoms with Gasteiger partial charge >= 0.3 is 0 Å². The van der Waals surface area contributed by atoms with Crippen molar-refractivity contribution >= 4 is 5.91 Å². The zero-order valence-corrected chi connectivity index (χ0v) is 14.0. The summed E-state index contributed by atoms with van der Waals surface area (Å²) in [4.78, 5) is 14.7. The highest BCUT2D eigenvalue weighted by molar-refractivity contribution is 5.94. The molecule has 9 nitrogen and oxygen atoms in total. The van der Waals surface area contributed by atoms with Crippen molar-refractivity contribution < 1.29 is 9.53 Å². The molecule has 9 heteroatoms. The van der Waals surface area contributed by atoms with E-state index < -0.39 is 0 Å². The topological polar surface area (TPSA) is 98.9 Å². The van der Waals surface area contributed by atoms with Gasteiger partial charge in [0.1, 0.15) is 12.4 Å². The van der Waals surface area contributed by atoms with Crippen molar-refractivity contribution in [2.45, 2.75) is 18.9 Å². The minimum Gasteiger partial charge on any atom is -0.471 e. The molecule has 0 aliphatic carbocycles. The van der Waals surface area contributed by atoms with Crippen LogP contribution in [0.25, 0.3) is 5.69 Å². The number of amides is 1. The van der Waals surface area contributed by atoms with Crippen LogP contribution in [0.4, 0.5) is 0 Å². The number of tetrazole rings is 1. The Balaban J connectivity index is 1.47. The fourth-order valence-corrected chi connectivity index (χ4v) is 2.98. The summed E-state index contributed by atoms with van der Waals surface area (Å²) in [5, 5.41) is 18.9. The van der Waals surface area contributed by atoms with Crippen LogP contribution in [0.15, 0.2) is 48.9 Å². The average Bonchev–Trinajstić information content (AvgIpc) is 3.23. The first-order chi connectivity index (χ1) is 12.8. The van der Waals surface area contributed by atoms with Gasteiger partial charge in [-0.15, -0.1) is 10.2 Å². The zero-order valence-electron chi connectivity index (χ0n) is 14.0. The summed E-state index contributed by atoms with van der Waals surface area (Å²) in [6.07, 6.45) is 4.76. The van der Waals surface area contributed by atoms with Gasteiger partial charge in [-0.25, -0.2) is 4.68 Å². The van der Waals surface area contributed by atoms with E-state index in [1.165, 1.54) is 11.0 Å². The van der Waals surface area contributed by atoms with Crippen LogP contribution in [0.1, 0.15) is 23.2 Å². The largest absolute Gasteiger partial charge is 0.471 e. The van der Waals surface area contributed by atoms with E-state index in [0.29, 0.717) is 24.5 Å². The summed E-state index contributed by atoms with van der Waals surface area (Å²) in [5.41, 5.74) is 1.34.